The fraction of sp³-hybridized carbons (Fsp3) is 0.667. The standard InChI is InChI=1S/C6H12N4S/c1-10(2)3-4-11-6-5-7-9-8-6/h5H,3-4H2,1-2H3,(H,7,8,9). The van der Waals surface area contributed by atoms with E-state index in [2.05, 4.69) is 34.4 Å². The molecule has 1 N–H and O–H groups in total. The highest BCUT2D eigenvalue weighted by molar-refractivity contribution is 7.99. The molecule has 0 saturated carbocycles. The maximum absolute atomic E-state index is 3.92. The minimum atomic E-state index is 0.965. The zero-order chi connectivity index (χ0) is 8.10. The smallest absolute Gasteiger partial charge is 0.138 e. The van der Waals surface area contributed by atoms with Crippen LogP contribution in [0.3, 0.4) is 0 Å². The van der Waals surface area contributed by atoms with Crippen LogP contribution in [0.15, 0.2) is 11.2 Å². The van der Waals surface area contributed by atoms with Crippen molar-refractivity contribution in [2.75, 3.05) is 26.4 Å². The lowest BCUT2D eigenvalue weighted by molar-refractivity contribution is 0.437. The highest BCUT2D eigenvalue weighted by Crippen LogP contribution is 2.11. The molecule has 1 aromatic rings. The van der Waals surface area contributed by atoms with E-state index in [1.807, 2.05) is 0 Å². The summed E-state index contributed by atoms with van der Waals surface area (Å²) in [5.41, 5.74) is 0. The van der Waals surface area contributed by atoms with Crippen LogP contribution in [0.5, 0.6) is 0 Å². The number of H-pyrrole nitrogens is 1. The van der Waals surface area contributed by atoms with Gasteiger partial charge in [-0.05, 0) is 14.1 Å². The number of hydrogen-bond donors (Lipinski definition) is 1. The maximum atomic E-state index is 3.92. The zero-order valence-electron chi connectivity index (χ0n) is 6.74. The van der Waals surface area contributed by atoms with E-state index in [0.717, 1.165) is 17.3 Å². The predicted molar refractivity (Wildman–Crippen MR) is 45.7 cm³/mol. The molecule has 0 fully saturated rings. The molecule has 4 nitrogen and oxygen atoms in total. The third kappa shape index (κ3) is 3.38. The summed E-state index contributed by atoms with van der Waals surface area (Å²) >= 11 is 1.71. The Hall–Kier alpha value is -0.550. The third-order valence-electron chi connectivity index (χ3n) is 1.18. The summed E-state index contributed by atoms with van der Waals surface area (Å²) in [5.74, 6) is 1.06. The Balaban J connectivity index is 2.14. The average Bonchev–Trinajstić information content (AvgIpc) is 2.39. The van der Waals surface area contributed by atoms with Crippen molar-refractivity contribution < 1.29 is 0 Å². The van der Waals surface area contributed by atoms with Gasteiger partial charge in [-0.1, -0.05) is 0 Å². The Morgan fingerprint density at radius 1 is 1.64 bits per heavy atom. The fourth-order valence-corrected chi connectivity index (χ4v) is 1.49. The zero-order valence-corrected chi connectivity index (χ0v) is 7.56. The van der Waals surface area contributed by atoms with Crippen LogP contribution in [-0.4, -0.2) is 46.7 Å². The van der Waals surface area contributed by atoms with Gasteiger partial charge in [0.2, 0.25) is 0 Å². The van der Waals surface area contributed by atoms with Gasteiger partial charge in [0.25, 0.3) is 0 Å². The van der Waals surface area contributed by atoms with E-state index in [4.69, 9.17) is 0 Å². The van der Waals surface area contributed by atoms with Crippen LogP contribution >= 0.6 is 11.8 Å². The highest BCUT2D eigenvalue weighted by atomic mass is 32.2. The number of rotatable bonds is 4. The predicted octanol–water partition coefficient (Wildman–Crippen LogP) is 0.458. The molecule has 0 aliphatic carbocycles. The Labute approximate surface area is 70.4 Å². The van der Waals surface area contributed by atoms with Crippen molar-refractivity contribution in [2.45, 2.75) is 5.03 Å². The number of aromatic nitrogens is 3. The van der Waals surface area contributed by atoms with E-state index >= 15 is 0 Å². The Morgan fingerprint density at radius 3 is 3.00 bits per heavy atom. The van der Waals surface area contributed by atoms with Gasteiger partial charge in [0.1, 0.15) is 5.03 Å². The van der Waals surface area contributed by atoms with Gasteiger partial charge in [-0.2, -0.15) is 10.3 Å². The summed E-state index contributed by atoms with van der Waals surface area (Å²) in [6.07, 6.45) is 1.74. The fourth-order valence-electron chi connectivity index (χ4n) is 0.593. The van der Waals surface area contributed by atoms with E-state index in [0.29, 0.717) is 0 Å². The van der Waals surface area contributed by atoms with Crippen LogP contribution in [0.1, 0.15) is 0 Å². The summed E-state index contributed by atoms with van der Waals surface area (Å²) in [6, 6.07) is 0. The van der Waals surface area contributed by atoms with Crippen molar-refractivity contribution in [1.82, 2.24) is 20.3 Å². The minimum absolute atomic E-state index is 0.965. The number of hydrogen-bond acceptors (Lipinski definition) is 4. The van der Waals surface area contributed by atoms with E-state index in [1.54, 1.807) is 18.0 Å². The minimum Gasteiger partial charge on any atom is -0.309 e. The van der Waals surface area contributed by atoms with Crippen LogP contribution in [0.25, 0.3) is 0 Å². The summed E-state index contributed by atoms with van der Waals surface area (Å²) in [5, 5.41) is 11.2. The van der Waals surface area contributed by atoms with E-state index in [-0.39, 0.29) is 0 Å². The number of nitrogens with one attached hydrogen (secondary N) is 1. The summed E-state index contributed by atoms with van der Waals surface area (Å²) in [7, 11) is 4.12. The molecule has 0 spiro atoms. The quantitative estimate of drug-likeness (QED) is 0.670. The van der Waals surface area contributed by atoms with Gasteiger partial charge in [-0.3, -0.25) is 0 Å². The van der Waals surface area contributed by atoms with Crippen molar-refractivity contribution in [3.63, 3.8) is 0 Å². The van der Waals surface area contributed by atoms with Gasteiger partial charge in [0, 0.05) is 12.3 Å². The molecule has 0 unspecified atom stereocenters. The molecule has 11 heavy (non-hydrogen) atoms. The summed E-state index contributed by atoms with van der Waals surface area (Å²) in [4.78, 5) is 2.15. The molecule has 0 amide bonds. The van der Waals surface area contributed by atoms with Gasteiger partial charge >= 0.3 is 0 Å². The van der Waals surface area contributed by atoms with Crippen molar-refractivity contribution in [3.8, 4) is 0 Å². The molecular formula is C6H12N4S. The first kappa shape index (κ1) is 8.55. The molecule has 1 rings (SSSR count). The largest absolute Gasteiger partial charge is 0.309 e. The number of thioether (sulfide) groups is 1. The second kappa shape index (κ2) is 4.35. The van der Waals surface area contributed by atoms with Crippen LogP contribution in [0.2, 0.25) is 0 Å². The van der Waals surface area contributed by atoms with Crippen LogP contribution in [0.4, 0.5) is 0 Å². The van der Waals surface area contributed by atoms with Gasteiger partial charge < -0.3 is 4.90 Å². The summed E-state index contributed by atoms with van der Waals surface area (Å²) in [6.45, 7) is 1.07. The maximum Gasteiger partial charge on any atom is 0.138 e. The average molecular weight is 172 g/mol. The summed E-state index contributed by atoms with van der Waals surface area (Å²) < 4.78 is 0. The molecule has 1 aromatic heterocycles. The van der Waals surface area contributed by atoms with Crippen molar-refractivity contribution >= 4 is 11.8 Å². The molecule has 0 aromatic carbocycles. The first-order valence-electron chi connectivity index (χ1n) is 3.42. The monoisotopic (exact) mass is 172 g/mol. The first-order chi connectivity index (χ1) is 5.29. The second-order valence-corrected chi connectivity index (χ2v) is 3.58. The number of aromatic amines is 1. The highest BCUT2D eigenvalue weighted by Gasteiger charge is 1.96. The van der Waals surface area contributed by atoms with Gasteiger partial charge in [-0.25, -0.2) is 0 Å². The first-order valence-corrected chi connectivity index (χ1v) is 4.41. The van der Waals surface area contributed by atoms with Crippen LogP contribution < -0.4 is 0 Å². The van der Waals surface area contributed by atoms with E-state index in [9.17, 15) is 0 Å². The Kier molecular flexibility index (Phi) is 3.38. The molecule has 0 bridgehead atoms. The Bertz CT molecular complexity index is 184. The number of nitrogens with zero attached hydrogens (tertiary/aromatic N) is 3. The lowest BCUT2D eigenvalue weighted by Gasteiger charge is -2.06. The molecule has 0 aliphatic rings. The van der Waals surface area contributed by atoms with Gasteiger partial charge in [-0.15, -0.1) is 16.9 Å². The van der Waals surface area contributed by atoms with Crippen LogP contribution in [-0.2, 0) is 0 Å². The topological polar surface area (TPSA) is 44.8 Å². The van der Waals surface area contributed by atoms with Crippen molar-refractivity contribution in [2.24, 2.45) is 0 Å². The molecular weight excluding hydrogens is 160 g/mol. The molecule has 5 heteroatoms. The molecule has 62 valence electrons. The molecule has 0 aliphatic heterocycles. The van der Waals surface area contributed by atoms with E-state index in [1.165, 1.54) is 0 Å². The molecule has 0 saturated heterocycles. The lowest BCUT2D eigenvalue weighted by atomic mass is 10.7. The molecule has 1 heterocycles. The molecule has 0 radical (unpaired) electrons. The van der Waals surface area contributed by atoms with Crippen molar-refractivity contribution in [3.05, 3.63) is 6.20 Å². The van der Waals surface area contributed by atoms with Crippen LogP contribution in [0, 0.1) is 0 Å². The normalized spacial score (nSPS) is 10.8. The van der Waals surface area contributed by atoms with Crippen molar-refractivity contribution in [1.29, 1.82) is 0 Å². The molecule has 0 atom stereocenters. The second-order valence-electron chi connectivity index (χ2n) is 2.46. The van der Waals surface area contributed by atoms with Gasteiger partial charge in [0.15, 0.2) is 0 Å². The Morgan fingerprint density at radius 2 is 2.45 bits per heavy atom. The lowest BCUT2D eigenvalue weighted by Crippen LogP contribution is -2.14. The third-order valence-corrected chi connectivity index (χ3v) is 2.06. The van der Waals surface area contributed by atoms with Gasteiger partial charge in [0.05, 0.1) is 6.20 Å². The SMILES string of the molecule is CN(C)CCSc1cn[nH]n1. The van der Waals surface area contributed by atoms with E-state index < -0.39 is 0 Å².